The lowest BCUT2D eigenvalue weighted by molar-refractivity contribution is -0.182. The van der Waals surface area contributed by atoms with Gasteiger partial charge in [0, 0.05) is 20.6 Å². The average molecular weight is 198 g/mol. The van der Waals surface area contributed by atoms with Gasteiger partial charge in [-0.2, -0.15) is 0 Å². The lowest BCUT2D eigenvalue weighted by atomic mass is 11.0. The highest BCUT2D eigenvalue weighted by Crippen LogP contribution is 2.51. The summed E-state index contributed by atoms with van der Waals surface area (Å²) < 4.78 is 21.7. The van der Waals surface area contributed by atoms with E-state index < -0.39 is 20.6 Å². The summed E-state index contributed by atoms with van der Waals surface area (Å²) in [5.41, 5.74) is 0. The van der Waals surface area contributed by atoms with Gasteiger partial charge in [-0.15, -0.1) is 0 Å². The first-order chi connectivity index (χ1) is 4.83. The van der Waals surface area contributed by atoms with Crippen molar-refractivity contribution in [2.24, 2.45) is 0 Å². The molecule has 0 radical (unpaired) electrons. The molecule has 0 aliphatic rings. The maximum atomic E-state index is 10.8. The Morgan fingerprint density at radius 3 is 1.45 bits per heavy atom. The van der Waals surface area contributed by atoms with Crippen LogP contribution in [0.15, 0.2) is 0 Å². The standard InChI is InChI=1S/C5H14O4P2/c1-3-10(6,7)5-11(8,9)4-2/h3-5H2,1-2H3,(H,6,7)(H,8,9)/p-2. The van der Waals surface area contributed by atoms with Crippen LogP contribution in [0.5, 0.6) is 0 Å². The van der Waals surface area contributed by atoms with Gasteiger partial charge in [0.05, 0.1) is 0 Å². The van der Waals surface area contributed by atoms with E-state index in [-0.39, 0.29) is 12.3 Å². The van der Waals surface area contributed by atoms with Gasteiger partial charge in [0.2, 0.25) is 0 Å². The third kappa shape index (κ3) is 4.76. The fourth-order valence-electron chi connectivity index (χ4n) is 0.528. The Morgan fingerprint density at radius 1 is 1.00 bits per heavy atom. The average Bonchev–Trinajstić information content (AvgIpc) is 1.86. The molecule has 0 heterocycles. The molecule has 0 aromatic heterocycles. The fraction of sp³-hybridized carbons (Fsp3) is 1.00. The van der Waals surface area contributed by atoms with Crippen LogP contribution in [-0.2, 0) is 9.13 Å². The summed E-state index contributed by atoms with van der Waals surface area (Å²) in [6.45, 7) is 2.90. The van der Waals surface area contributed by atoms with Crippen LogP contribution < -0.4 is 9.79 Å². The van der Waals surface area contributed by atoms with Gasteiger partial charge >= 0.3 is 0 Å². The van der Waals surface area contributed by atoms with E-state index in [1.165, 1.54) is 13.8 Å². The van der Waals surface area contributed by atoms with Gasteiger partial charge in [0.25, 0.3) is 0 Å². The minimum Gasteiger partial charge on any atom is -0.799 e. The Balaban J connectivity index is 4.26. The second-order valence-electron chi connectivity index (χ2n) is 2.40. The van der Waals surface area contributed by atoms with Crippen LogP contribution in [0.3, 0.4) is 0 Å². The molecule has 0 bridgehead atoms. The van der Waals surface area contributed by atoms with Gasteiger partial charge in [-0.1, -0.05) is 13.8 Å². The quantitative estimate of drug-likeness (QED) is 0.606. The van der Waals surface area contributed by atoms with E-state index in [0.29, 0.717) is 0 Å². The number of hydrogen-bond acceptors (Lipinski definition) is 4. The molecule has 0 rings (SSSR count). The molecule has 0 fully saturated rings. The third-order valence-electron chi connectivity index (χ3n) is 1.39. The molecule has 0 aromatic carbocycles. The highest BCUT2D eigenvalue weighted by Gasteiger charge is 2.13. The van der Waals surface area contributed by atoms with Crippen molar-refractivity contribution >= 4 is 14.7 Å². The summed E-state index contributed by atoms with van der Waals surface area (Å²) in [5.74, 6) is -0.660. The minimum absolute atomic E-state index is 0.0841. The van der Waals surface area contributed by atoms with Gasteiger partial charge in [-0.05, 0) is 12.3 Å². The Bertz CT molecular complexity index is 191. The number of rotatable bonds is 4. The van der Waals surface area contributed by atoms with Crippen LogP contribution in [-0.4, -0.2) is 18.2 Å². The molecule has 0 N–H and O–H groups in total. The lowest BCUT2D eigenvalue weighted by Gasteiger charge is -2.30. The van der Waals surface area contributed by atoms with Gasteiger partial charge in [0.1, 0.15) is 0 Å². The summed E-state index contributed by atoms with van der Waals surface area (Å²) in [6, 6.07) is 0. The van der Waals surface area contributed by atoms with Crippen molar-refractivity contribution in [2.75, 3.05) is 18.2 Å². The van der Waals surface area contributed by atoms with E-state index in [2.05, 4.69) is 0 Å². The molecule has 2 atom stereocenters. The predicted molar refractivity (Wildman–Crippen MR) is 41.2 cm³/mol. The zero-order valence-corrected chi connectivity index (χ0v) is 8.44. The lowest BCUT2D eigenvalue weighted by Crippen LogP contribution is -2.14. The Kier molecular flexibility index (Phi) is 3.99. The molecule has 0 spiro atoms. The summed E-state index contributed by atoms with van der Waals surface area (Å²) >= 11 is 0. The molecule has 0 aromatic rings. The molecule has 0 aliphatic carbocycles. The minimum atomic E-state index is -3.64. The second-order valence-corrected chi connectivity index (χ2v) is 8.06. The maximum absolute atomic E-state index is 10.8. The van der Waals surface area contributed by atoms with Crippen molar-refractivity contribution in [1.82, 2.24) is 0 Å². The second kappa shape index (κ2) is 3.86. The van der Waals surface area contributed by atoms with Gasteiger partial charge in [-0.3, -0.25) is 0 Å². The van der Waals surface area contributed by atoms with Crippen molar-refractivity contribution in [3.63, 3.8) is 0 Å². The van der Waals surface area contributed by atoms with Crippen molar-refractivity contribution in [3.8, 4) is 0 Å². The molecule has 0 saturated carbocycles. The summed E-state index contributed by atoms with van der Waals surface area (Å²) in [7, 11) is -7.27. The highest BCUT2D eigenvalue weighted by molar-refractivity contribution is 7.73. The molecular formula is C5H12O4P2-2. The van der Waals surface area contributed by atoms with Crippen LogP contribution >= 0.6 is 14.7 Å². The molecule has 2 unspecified atom stereocenters. The zero-order chi connectivity index (χ0) is 9.12. The molecule has 11 heavy (non-hydrogen) atoms. The molecule has 6 heteroatoms. The highest BCUT2D eigenvalue weighted by atomic mass is 31.2. The summed E-state index contributed by atoms with van der Waals surface area (Å²) in [4.78, 5) is 21.7. The van der Waals surface area contributed by atoms with E-state index in [9.17, 15) is 18.9 Å². The smallest absolute Gasteiger partial charge is 0.0294 e. The summed E-state index contributed by atoms with van der Waals surface area (Å²) in [5, 5.41) is 0. The Hall–Kier alpha value is 0.380. The molecule has 4 nitrogen and oxygen atoms in total. The van der Waals surface area contributed by atoms with E-state index in [4.69, 9.17) is 0 Å². The predicted octanol–water partition coefficient (Wildman–Crippen LogP) is 0.260. The maximum Gasteiger partial charge on any atom is 0.0294 e. The van der Waals surface area contributed by atoms with Crippen molar-refractivity contribution in [2.45, 2.75) is 13.8 Å². The van der Waals surface area contributed by atoms with E-state index in [0.717, 1.165) is 0 Å². The molecule has 0 aliphatic heterocycles. The first kappa shape index (κ1) is 11.4. The van der Waals surface area contributed by atoms with Crippen LogP contribution in [0.2, 0.25) is 0 Å². The first-order valence-corrected chi connectivity index (χ1v) is 7.40. The van der Waals surface area contributed by atoms with Crippen LogP contribution in [0, 0.1) is 0 Å². The number of hydrogen-bond donors (Lipinski definition) is 0. The first-order valence-electron chi connectivity index (χ1n) is 3.41. The van der Waals surface area contributed by atoms with Crippen LogP contribution in [0.4, 0.5) is 0 Å². The van der Waals surface area contributed by atoms with Gasteiger partial charge < -0.3 is 18.9 Å². The monoisotopic (exact) mass is 198 g/mol. The van der Waals surface area contributed by atoms with Crippen molar-refractivity contribution in [1.29, 1.82) is 0 Å². The molecule has 68 valence electrons. The zero-order valence-electron chi connectivity index (χ0n) is 6.65. The summed E-state index contributed by atoms with van der Waals surface area (Å²) in [6.07, 6.45) is -0.168. The topological polar surface area (TPSA) is 80.3 Å². The Morgan fingerprint density at radius 2 is 1.27 bits per heavy atom. The van der Waals surface area contributed by atoms with Crippen LogP contribution in [0.1, 0.15) is 13.8 Å². The van der Waals surface area contributed by atoms with Crippen LogP contribution in [0.25, 0.3) is 0 Å². The third-order valence-corrected chi connectivity index (χ3v) is 6.77. The van der Waals surface area contributed by atoms with Gasteiger partial charge in [-0.25, -0.2) is 0 Å². The fourth-order valence-corrected chi connectivity index (χ4v) is 4.75. The van der Waals surface area contributed by atoms with Crippen molar-refractivity contribution < 1.29 is 18.9 Å². The molecular weight excluding hydrogens is 186 g/mol. The normalized spacial score (nSPS) is 22.2. The van der Waals surface area contributed by atoms with E-state index in [1.54, 1.807) is 0 Å². The van der Waals surface area contributed by atoms with Gasteiger partial charge in [0.15, 0.2) is 0 Å². The van der Waals surface area contributed by atoms with E-state index >= 15 is 0 Å². The molecule has 0 saturated heterocycles. The largest absolute Gasteiger partial charge is 0.799 e. The SMILES string of the molecule is CCP(=O)([O-])CP(=O)([O-])CC. The Labute approximate surface area is 66.5 Å². The molecule has 0 amide bonds. The van der Waals surface area contributed by atoms with E-state index in [1.807, 2.05) is 0 Å². The van der Waals surface area contributed by atoms with Crippen molar-refractivity contribution in [3.05, 3.63) is 0 Å².